The Bertz CT molecular complexity index is 837. The number of ether oxygens (including phenoxy) is 1. The van der Waals surface area contributed by atoms with Gasteiger partial charge in [-0.15, -0.1) is 0 Å². The average molecular weight is 301 g/mol. The number of benzene rings is 1. The molecule has 6 heteroatoms. The van der Waals surface area contributed by atoms with E-state index in [1.807, 2.05) is 19.1 Å². The highest BCUT2D eigenvalue weighted by Gasteiger charge is 2.29. The Morgan fingerprint density at radius 2 is 2.14 bits per heavy atom. The molecule has 0 bridgehead atoms. The smallest absolute Gasteiger partial charge is 0.345 e. The Hall–Kier alpha value is -2.76. The molecule has 0 spiro atoms. The molecule has 0 saturated heterocycles. The van der Waals surface area contributed by atoms with Gasteiger partial charge in [0.2, 0.25) is 0 Å². The van der Waals surface area contributed by atoms with Gasteiger partial charge < -0.3 is 19.9 Å². The number of H-pyrrole nitrogens is 1. The molecule has 0 amide bonds. The van der Waals surface area contributed by atoms with Crippen molar-refractivity contribution in [3.05, 3.63) is 45.2 Å². The third-order valence-corrected chi connectivity index (χ3v) is 3.83. The molecule has 6 nitrogen and oxygen atoms in total. The minimum atomic E-state index is -1.46. The van der Waals surface area contributed by atoms with Crippen molar-refractivity contribution in [1.29, 1.82) is 0 Å². The van der Waals surface area contributed by atoms with Gasteiger partial charge in [0.15, 0.2) is 5.56 Å². The van der Waals surface area contributed by atoms with Gasteiger partial charge in [-0.3, -0.25) is 4.79 Å². The summed E-state index contributed by atoms with van der Waals surface area (Å²) >= 11 is 0. The van der Waals surface area contributed by atoms with Gasteiger partial charge in [0, 0.05) is 17.0 Å². The number of pyridine rings is 1. The summed E-state index contributed by atoms with van der Waals surface area (Å²) < 4.78 is 5.71. The lowest BCUT2D eigenvalue weighted by atomic mass is 9.93. The van der Waals surface area contributed by atoms with Crippen molar-refractivity contribution >= 4 is 5.97 Å². The Morgan fingerprint density at radius 1 is 1.41 bits per heavy atom. The predicted molar refractivity (Wildman–Crippen MR) is 79.8 cm³/mol. The number of hydrogen-bond donors (Lipinski definition) is 3. The molecule has 2 heterocycles. The maximum absolute atomic E-state index is 12.0. The van der Waals surface area contributed by atoms with E-state index in [9.17, 15) is 14.7 Å². The van der Waals surface area contributed by atoms with Gasteiger partial charge in [0.1, 0.15) is 11.5 Å². The van der Waals surface area contributed by atoms with E-state index in [0.29, 0.717) is 22.6 Å². The lowest BCUT2D eigenvalue weighted by Crippen LogP contribution is -2.20. The van der Waals surface area contributed by atoms with E-state index in [2.05, 4.69) is 4.98 Å². The van der Waals surface area contributed by atoms with Crippen molar-refractivity contribution in [2.45, 2.75) is 19.8 Å². The lowest BCUT2D eigenvalue weighted by Gasteiger charge is -2.15. The summed E-state index contributed by atoms with van der Waals surface area (Å²) in [4.78, 5) is 25.8. The molecule has 114 valence electrons. The number of aromatic amines is 1. The maximum atomic E-state index is 12.0. The highest BCUT2D eigenvalue weighted by atomic mass is 16.5. The Morgan fingerprint density at radius 3 is 2.82 bits per heavy atom. The van der Waals surface area contributed by atoms with E-state index in [-0.39, 0.29) is 12.5 Å². The first kappa shape index (κ1) is 14.2. The number of aromatic hydroxyl groups is 1. The summed E-state index contributed by atoms with van der Waals surface area (Å²) in [6.45, 7) is 3.99. The van der Waals surface area contributed by atoms with Gasteiger partial charge in [0.25, 0.3) is 5.56 Å². The number of aromatic nitrogens is 1. The fourth-order valence-electron chi connectivity index (χ4n) is 2.76. The van der Waals surface area contributed by atoms with Gasteiger partial charge in [-0.2, -0.15) is 0 Å². The number of fused-ring (bicyclic) bond motifs is 3. The Labute approximate surface area is 126 Å². The molecule has 0 unspecified atom stereocenters. The van der Waals surface area contributed by atoms with Gasteiger partial charge in [0.05, 0.1) is 12.3 Å². The standard InChI is InChI=1S/C16H15NO5/c1-7-3-4-10-9(5-7)13-11(8(2)6-22-10)14(18)12(16(20)21)15(19)17-13/h3-5,8H,6H2,1-2H3,(H,20,21)(H2,17,18,19)/t8-/m1/s1. The molecule has 0 fully saturated rings. The summed E-state index contributed by atoms with van der Waals surface area (Å²) in [7, 11) is 0. The third kappa shape index (κ3) is 2.04. The SMILES string of the molecule is Cc1ccc2c(c1)-c1[nH]c(=O)c(C(=O)O)c(O)c1[C@H](C)CO2. The van der Waals surface area contributed by atoms with Crippen LogP contribution in [0.3, 0.4) is 0 Å². The minimum absolute atomic E-state index is 0.266. The summed E-state index contributed by atoms with van der Waals surface area (Å²) in [5.74, 6) is -1.62. The van der Waals surface area contributed by atoms with Gasteiger partial charge in [-0.05, 0) is 19.1 Å². The first-order valence-electron chi connectivity index (χ1n) is 6.86. The molecule has 1 atom stereocenters. The van der Waals surface area contributed by atoms with Crippen LogP contribution < -0.4 is 10.3 Å². The van der Waals surface area contributed by atoms with E-state index in [4.69, 9.17) is 9.84 Å². The van der Waals surface area contributed by atoms with Gasteiger partial charge in [-0.1, -0.05) is 18.6 Å². The van der Waals surface area contributed by atoms with Crippen molar-refractivity contribution in [3.63, 3.8) is 0 Å². The molecule has 22 heavy (non-hydrogen) atoms. The molecule has 0 radical (unpaired) electrons. The summed E-state index contributed by atoms with van der Waals surface area (Å²) in [5, 5.41) is 19.5. The Balaban J connectivity index is 2.41. The molecule has 0 saturated carbocycles. The topological polar surface area (TPSA) is 99.6 Å². The second-order valence-corrected chi connectivity index (χ2v) is 5.48. The van der Waals surface area contributed by atoms with Crippen LogP contribution in [0.15, 0.2) is 23.0 Å². The molecule has 1 aromatic heterocycles. The minimum Gasteiger partial charge on any atom is -0.506 e. The van der Waals surface area contributed by atoms with Crippen LogP contribution in [-0.4, -0.2) is 27.8 Å². The normalized spacial score (nSPS) is 16.2. The van der Waals surface area contributed by atoms with E-state index >= 15 is 0 Å². The third-order valence-electron chi connectivity index (χ3n) is 3.83. The molecule has 1 aromatic carbocycles. The van der Waals surface area contributed by atoms with Crippen molar-refractivity contribution in [2.24, 2.45) is 0 Å². The second-order valence-electron chi connectivity index (χ2n) is 5.48. The fourth-order valence-corrected chi connectivity index (χ4v) is 2.76. The van der Waals surface area contributed by atoms with E-state index in [1.54, 1.807) is 13.0 Å². The highest BCUT2D eigenvalue weighted by Crippen LogP contribution is 2.42. The number of aryl methyl sites for hydroxylation is 1. The second kappa shape index (κ2) is 4.91. The van der Waals surface area contributed by atoms with Crippen LogP contribution in [0.1, 0.15) is 34.3 Å². The van der Waals surface area contributed by atoms with Crippen LogP contribution in [0.5, 0.6) is 11.5 Å². The van der Waals surface area contributed by atoms with Crippen molar-refractivity contribution in [2.75, 3.05) is 6.61 Å². The molecule has 0 aliphatic carbocycles. The molecule has 2 aromatic rings. The number of carboxylic acid groups (broad SMARTS) is 1. The zero-order valence-corrected chi connectivity index (χ0v) is 12.1. The number of carbonyl (C=O) groups is 1. The van der Waals surface area contributed by atoms with Crippen LogP contribution in [0.25, 0.3) is 11.3 Å². The zero-order chi connectivity index (χ0) is 16.0. The summed E-state index contributed by atoms with van der Waals surface area (Å²) in [6, 6.07) is 5.52. The summed E-state index contributed by atoms with van der Waals surface area (Å²) in [5.41, 5.74) is 0.943. The van der Waals surface area contributed by atoms with Crippen LogP contribution >= 0.6 is 0 Å². The molecular formula is C16H15NO5. The molecule has 1 aliphatic heterocycles. The summed E-state index contributed by atoms with van der Waals surface area (Å²) in [6.07, 6.45) is 0. The monoisotopic (exact) mass is 301 g/mol. The maximum Gasteiger partial charge on any atom is 0.345 e. The van der Waals surface area contributed by atoms with Crippen LogP contribution in [0.2, 0.25) is 0 Å². The van der Waals surface area contributed by atoms with Gasteiger partial charge >= 0.3 is 5.97 Å². The number of nitrogens with one attached hydrogen (secondary N) is 1. The number of carboxylic acids is 1. The zero-order valence-electron chi connectivity index (χ0n) is 12.1. The highest BCUT2D eigenvalue weighted by molar-refractivity contribution is 5.92. The van der Waals surface area contributed by atoms with Crippen LogP contribution in [-0.2, 0) is 0 Å². The first-order chi connectivity index (χ1) is 10.4. The lowest BCUT2D eigenvalue weighted by molar-refractivity contribution is 0.0691. The van der Waals surface area contributed by atoms with Crippen LogP contribution in [0, 0.1) is 6.92 Å². The van der Waals surface area contributed by atoms with Crippen molar-refractivity contribution < 1.29 is 19.7 Å². The van der Waals surface area contributed by atoms with Crippen molar-refractivity contribution in [1.82, 2.24) is 4.98 Å². The van der Waals surface area contributed by atoms with E-state index < -0.39 is 22.8 Å². The Kier molecular flexibility index (Phi) is 3.16. The van der Waals surface area contributed by atoms with Crippen LogP contribution in [0.4, 0.5) is 0 Å². The molecular weight excluding hydrogens is 286 g/mol. The molecule has 1 aliphatic rings. The number of rotatable bonds is 1. The van der Waals surface area contributed by atoms with E-state index in [1.165, 1.54) is 0 Å². The average Bonchev–Trinajstić information content (AvgIpc) is 2.56. The number of aromatic carboxylic acids is 1. The van der Waals surface area contributed by atoms with E-state index in [0.717, 1.165) is 5.56 Å². The number of hydrogen-bond acceptors (Lipinski definition) is 4. The largest absolute Gasteiger partial charge is 0.506 e. The predicted octanol–water partition coefficient (Wildman–Crippen LogP) is 2.25. The first-order valence-corrected chi connectivity index (χ1v) is 6.86. The fraction of sp³-hybridized carbons (Fsp3) is 0.250. The quantitative estimate of drug-likeness (QED) is 0.750. The molecule has 3 rings (SSSR count). The van der Waals surface area contributed by atoms with Crippen molar-refractivity contribution in [3.8, 4) is 22.8 Å². The molecule has 3 N–H and O–H groups in total. The van der Waals surface area contributed by atoms with Gasteiger partial charge in [-0.25, -0.2) is 4.79 Å².